The molecule has 0 bridgehead atoms. The second kappa shape index (κ2) is 6.71. The van der Waals surface area contributed by atoms with E-state index >= 15 is 0 Å². The number of amides is 1. The van der Waals surface area contributed by atoms with Crippen molar-refractivity contribution in [1.82, 2.24) is 10.2 Å². The van der Waals surface area contributed by atoms with Crippen LogP contribution in [0.4, 0.5) is 0 Å². The predicted octanol–water partition coefficient (Wildman–Crippen LogP) is 1.53. The largest absolute Gasteiger partial charge is 0.395 e. The van der Waals surface area contributed by atoms with E-state index < -0.39 is 0 Å². The number of aliphatic hydroxyl groups excluding tert-OH is 1. The molecule has 1 atom stereocenters. The number of aliphatic hydroxyl groups is 1. The summed E-state index contributed by atoms with van der Waals surface area (Å²) >= 11 is 0. The highest BCUT2D eigenvalue weighted by atomic mass is 16.3. The van der Waals surface area contributed by atoms with Gasteiger partial charge in [0, 0.05) is 19.1 Å². The molecule has 0 radical (unpaired) electrons. The van der Waals surface area contributed by atoms with Crippen LogP contribution in [0.25, 0.3) is 0 Å². The average molecular weight is 268 g/mol. The van der Waals surface area contributed by atoms with Crippen molar-refractivity contribution in [2.24, 2.45) is 5.41 Å². The lowest BCUT2D eigenvalue weighted by Crippen LogP contribution is -2.54. The molecule has 1 amide bonds. The van der Waals surface area contributed by atoms with Gasteiger partial charge >= 0.3 is 0 Å². The van der Waals surface area contributed by atoms with Gasteiger partial charge in [-0.05, 0) is 38.6 Å². The summed E-state index contributed by atoms with van der Waals surface area (Å²) in [6, 6.07) is 0.366. The van der Waals surface area contributed by atoms with Crippen molar-refractivity contribution in [3.8, 4) is 0 Å². The van der Waals surface area contributed by atoms with Crippen molar-refractivity contribution in [2.45, 2.75) is 57.9 Å². The lowest BCUT2D eigenvalue weighted by Gasteiger charge is -2.41. The number of carbonyl (C=O) groups excluding carboxylic acids is 1. The SMILES string of the molecule is CCC1(C(=O)N(CCO)C2CCCC2)CCCNC1. The van der Waals surface area contributed by atoms with Gasteiger partial charge in [-0.2, -0.15) is 0 Å². The number of hydrogen-bond donors (Lipinski definition) is 2. The molecule has 19 heavy (non-hydrogen) atoms. The highest BCUT2D eigenvalue weighted by Gasteiger charge is 2.42. The van der Waals surface area contributed by atoms with Crippen molar-refractivity contribution in [3.63, 3.8) is 0 Å². The Hall–Kier alpha value is -0.610. The third-order valence-corrected chi connectivity index (χ3v) is 4.97. The van der Waals surface area contributed by atoms with E-state index in [1.54, 1.807) is 0 Å². The fourth-order valence-electron chi connectivity index (χ4n) is 3.68. The monoisotopic (exact) mass is 268 g/mol. The Balaban J connectivity index is 2.11. The molecule has 2 rings (SSSR count). The molecule has 4 heteroatoms. The van der Waals surface area contributed by atoms with Crippen LogP contribution in [0.2, 0.25) is 0 Å². The average Bonchev–Trinajstić information content (AvgIpc) is 2.98. The van der Waals surface area contributed by atoms with Crippen LogP contribution in [0.1, 0.15) is 51.9 Å². The van der Waals surface area contributed by atoms with Crippen LogP contribution in [0, 0.1) is 5.41 Å². The normalized spacial score (nSPS) is 28.5. The van der Waals surface area contributed by atoms with Crippen LogP contribution in [-0.2, 0) is 4.79 Å². The van der Waals surface area contributed by atoms with E-state index in [-0.39, 0.29) is 17.9 Å². The fourth-order valence-corrected chi connectivity index (χ4v) is 3.68. The molecule has 0 aromatic heterocycles. The van der Waals surface area contributed by atoms with Crippen molar-refractivity contribution >= 4 is 5.91 Å². The summed E-state index contributed by atoms with van der Waals surface area (Å²) in [5, 5.41) is 12.7. The minimum absolute atomic E-state index is 0.0788. The van der Waals surface area contributed by atoms with Gasteiger partial charge in [-0.25, -0.2) is 0 Å². The molecular weight excluding hydrogens is 240 g/mol. The zero-order valence-electron chi connectivity index (χ0n) is 12.2. The summed E-state index contributed by atoms with van der Waals surface area (Å²) in [4.78, 5) is 15.0. The number of nitrogens with one attached hydrogen (secondary N) is 1. The number of hydrogen-bond acceptors (Lipinski definition) is 3. The molecular formula is C15H28N2O2. The number of nitrogens with zero attached hydrogens (tertiary/aromatic N) is 1. The molecule has 1 saturated heterocycles. The predicted molar refractivity (Wildman–Crippen MR) is 75.9 cm³/mol. The van der Waals surface area contributed by atoms with Gasteiger partial charge in [0.05, 0.1) is 12.0 Å². The quantitative estimate of drug-likeness (QED) is 0.795. The number of rotatable bonds is 5. The molecule has 110 valence electrons. The van der Waals surface area contributed by atoms with Crippen molar-refractivity contribution in [1.29, 1.82) is 0 Å². The Labute approximate surface area is 116 Å². The summed E-state index contributed by atoms with van der Waals surface area (Å²) < 4.78 is 0. The van der Waals surface area contributed by atoms with Gasteiger partial charge in [0.15, 0.2) is 0 Å². The van der Waals surface area contributed by atoms with Crippen LogP contribution in [0.5, 0.6) is 0 Å². The van der Waals surface area contributed by atoms with E-state index in [2.05, 4.69) is 12.2 Å². The standard InChI is InChI=1S/C15H28N2O2/c1-2-15(8-5-9-16-12-15)14(19)17(10-11-18)13-6-3-4-7-13/h13,16,18H,2-12H2,1H3. The molecule has 1 aliphatic heterocycles. The van der Waals surface area contributed by atoms with E-state index in [1.807, 2.05) is 4.90 Å². The molecule has 1 unspecified atom stereocenters. The molecule has 0 spiro atoms. The highest BCUT2D eigenvalue weighted by Crippen LogP contribution is 2.35. The van der Waals surface area contributed by atoms with Gasteiger partial charge in [0.2, 0.25) is 5.91 Å². The first-order chi connectivity index (χ1) is 9.23. The maximum Gasteiger partial charge on any atom is 0.230 e. The van der Waals surface area contributed by atoms with Crippen molar-refractivity contribution in [2.75, 3.05) is 26.2 Å². The van der Waals surface area contributed by atoms with E-state index in [9.17, 15) is 9.90 Å². The summed E-state index contributed by atoms with van der Waals surface area (Å²) in [5.74, 6) is 0.281. The molecule has 2 aliphatic rings. The van der Waals surface area contributed by atoms with Crippen LogP contribution in [-0.4, -0.2) is 48.2 Å². The van der Waals surface area contributed by atoms with Crippen LogP contribution < -0.4 is 5.32 Å². The summed E-state index contributed by atoms with van der Waals surface area (Å²) in [6.45, 7) is 4.53. The van der Waals surface area contributed by atoms with E-state index in [0.717, 1.165) is 45.2 Å². The van der Waals surface area contributed by atoms with E-state index in [0.29, 0.717) is 12.6 Å². The molecule has 1 saturated carbocycles. The zero-order chi connectivity index (χ0) is 13.7. The molecule has 0 aromatic carbocycles. The third-order valence-electron chi connectivity index (χ3n) is 4.97. The first-order valence-electron chi connectivity index (χ1n) is 7.86. The van der Waals surface area contributed by atoms with E-state index in [4.69, 9.17) is 0 Å². The second-order valence-electron chi connectivity index (χ2n) is 6.07. The zero-order valence-corrected chi connectivity index (χ0v) is 12.2. The minimum atomic E-state index is -0.226. The lowest BCUT2D eigenvalue weighted by molar-refractivity contribution is -0.146. The Morgan fingerprint density at radius 3 is 2.63 bits per heavy atom. The third kappa shape index (κ3) is 3.11. The van der Waals surface area contributed by atoms with Crippen LogP contribution in [0.3, 0.4) is 0 Å². The summed E-state index contributed by atoms with van der Waals surface area (Å²) in [7, 11) is 0. The van der Waals surface area contributed by atoms with Crippen LogP contribution >= 0.6 is 0 Å². The number of piperidine rings is 1. The first-order valence-corrected chi connectivity index (χ1v) is 7.86. The Kier molecular flexibility index (Phi) is 5.22. The number of carbonyl (C=O) groups is 1. The maximum atomic E-state index is 13.0. The first kappa shape index (κ1) is 14.8. The maximum absolute atomic E-state index is 13.0. The smallest absolute Gasteiger partial charge is 0.230 e. The Bertz CT molecular complexity index is 295. The highest BCUT2D eigenvalue weighted by molar-refractivity contribution is 5.83. The lowest BCUT2D eigenvalue weighted by atomic mass is 9.76. The Morgan fingerprint density at radius 1 is 1.37 bits per heavy atom. The minimum Gasteiger partial charge on any atom is -0.395 e. The molecule has 2 fully saturated rings. The van der Waals surface area contributed by atoms with Gasteiger partial charge < -0.3 is 15.3 Å². The van der Waals surface area contributed by atoms with Gasteiger partial charge in [-0.1, -0.05) is 19.8 Å². The van der Waals surface area contributed by atoms with Gasteiger partial charge in [-0.15, -0.1) is 0 Å². The summed E-state index contributed by atoms with van der Waals surface area (Å²) in [6.07, 6.45) is 7.63. The topological polar surface area (TPSA) is 52.6 Å². The Morgan fingerprint density at radius 2 is 2.11 bits per heavy atom. The van der Waals surface area contributed by atoms with Gasteiger partial charge in [-0.3, -0.25) is 4.79 Å². The molecule has 1 heterocycles. The fraction of sp³-hybridized carbons (Fsp3) is 0.933. The van der Waals surface area contributed by atoms with E-state index in [1.165, 1.54) is 12.8 Å². The van der Waals surface area contributed by atoms with Crippen molar-refractivity contribution < 1.29 is 9.90 Å². The molecule has 1 aliphatic carbocycles. The molecule has 4 nitrogen and oxygen atoms in total. The van der Waals surface area contributed by atoms with Gasteiger partial charge in [0.25, 0.3) is 0 Å². The van der Waals surface area contributed by atoms with Gasteiger partial charge in [0.1, 0.15) is 0 Å². The summed E-state index contributed by atoms with van der Waals surface area (Å²) in [5.41, 5.74) is -0.226. The molecule has 2 N–H and O–H groups in total. The van der Waals surface area contributed by atoms with Crippen LogP contribution in [0.15, 0.2) is 0 Å². The second-order valence-corrected chi connectivity index (χ2v) is 6.07. The van der Waals surface area contributed by atoms with Crippen molar-refractivity contribution in [3.05, 3.63) is 0 Å². The molecule has 0 aromatic rings.